The normalized spacial score (nSPS) is 13.5. The Hall–Kier alpha value is -1.68. The van der Waals surface area contributed by atoms with Crippen LogP contribution in [0.3, 0.4) is 0 Å². The van der Waals surface area contributed by atoms with E-state index in [0.717, 1.165) is 12.1 Å². The molecule has 4 heteroatoms. The first-order valence-electron chi connectivity index (χ1n) is 5.70. The topological polar surface area (TPSA) is 55.2 Å². The number of nitrogens with zero attached hydrogens (tertiary/aromatic N) is 1. The lowest BCUT2D eigenvalue weighted by Gasteiger charge is -2.12. The Balaban J connectivity index is 2.80. The van der Waals surface area contributed by atoms with E-state index in [1.807, 2.05) is 6.08 Å². The van der Waals surface area contributed by atoms with Crippen molar-refractivity contribution in [1.82, 2.24) is 5.32 Å². The highest BCUT2D eigenvalue weighted by Crippen LogP contribution is 2.15. The van der Waals surface area contributed by atoms with Crippen molar-refractivity contribution in [2.45, 2.75) is 26.8 Å². The van der Waals surface area contributed by atoms with E-state index in [4.69, 9.17) is 0 Å². The first-order valence-corrected chi connectivity index (χ1v) is 5.70. The second-order valence-electron chi connectivity index (χ2n) is 4.02. The maximum absolute atomic E-state index is 10.5. The van der Waals surface area contributed by atoms with Crippen LogP contribution in [-0.4, -0.2) is 17.5 Å². The van der Waals surface area contributed by atoms with E-state index < -0.39 is 0 Å². The number of nitro benzene ring substituents is 1. The average Bonchev–Trinajstić information content (AvgIpc) is 2.30. The van der Waals surface area contributed by atoms with Gasteiger partial charge in [0.05, 0.1) is 4.92 Å². The van der Waals surface area contributed by atoms with Gasteiger partial charge >= 0.3 is 0 Å². The molecule has 0 aliphatic heterocycles. The lowest BCUT2D eigenvalue weighted by molar-refractivity contribution is -0.384. The lowest BCUT2D eigenvalue weighted by atomic mass is 10.1. The Morgan fingerprint density at radius 1 is 1.47 bits per heavy atom. The summed E-state index contributed by atoms with van der Waals surface area (Å²) in [5.74, 6) is 0. The molecule has 92 valence electrons. The van der Waals surface area contributed by atoms with E-state index >= 15 is 0 Å². The fraction of sp³-hybridized carbons (Fsp3) is 0.385. The maximum Gasteiger partial charge on any atom is 0.269 e. The Morgan fingerprint density at radius 2 is 2.06 bits per heavy atom. The summed E-state index contributed by atoms with van der Waals surface area (Å²) in [5.41, 5.74) is 2.32. The Morgan fingerprint density at radius 3 is 2.53 bits per heavy atom. The van der Waals surface area contributed by atoms with Crippen LogP contribution in [0.15, 0.2) is 29.8 Å². The van der Waals surface area contributed by atoms with Crippen molar-refractivity contribution in [1.29, 1.82) is 0 Å². The molecule has 0 saturated heterocycles. The van der Waals surface area contributed by atoms with Crippen molar-refractivity contribution < 1.29 is 4.92 Å². The van der Waals surface area contributed by atoms with Crippen LogP contribution in [0.4, 0.5) is 5.69 Å². The third-order valence-corrected chi connectivity index (χ3v) is 2.69. The zero-order chi connectivity index (χ0) is 12.8. The van der Waals surface area contributed by atoms with Crippen molar-refractivity contribution in [3.63, 3.8) is 0 Å². The van der Waals surface area contributed by atoms with Crippen LogP contribution < -0.4 is 5.32 Å². The molecule has 0 bridgehead atoms. The second-order valence-corrected chi connectivity index (χ2v) is 4.02. The zero-order valence-electron chi connectivity index (χ0n) is 10.4. The molecular formula is C13H18N2O2. The number of hydrogen-bond acceptors (Lipinski definition) is 3. The van der Waals surface area contributed by atoms with Gasteiger partial charge in [0.2, 0.25) is 0 Å². The fourth-order valence-corrected chi connectivity index (χ4v) is 1.55. The van der Waals surface area contributed by atoms with Crippen LogP contribution in [0.2, 0.25) is 0 Å². The van der Waals surface area contributed by atoms with Gasteiger partial charge in [-0.25, -0.2) is 0 Å². The number of nitro groups is 1. The van der Waals surface area contributed by atoms with Crippen LogP contribution in [0, 0.1) is 10.1 Å². The van der Waals surface area contributed by atoms with Crippen molar-refractivity contribution in [2.24, 2.45) is 0 Å². The Labute approximate surface area is 101 Å². The molecule has 0 aromatic heterocycles. The number of benzene rings is 1. The maximum atomic E-state index is 10.5. The molecule has 1 aromatic carbocycles. The Kier molecular flexibility index (Phi) is 4.84. The summed E-state index contributed by atoms with van der Waals surface area (Å²) in [4.78, 5) is 10.1. The molecule has 1 atom stereocenters. The van der Waals surface area contributed by atoms with Gasteiger partial charge in [-0.2, -0.15) is 0 Å². The van der Waals surface area contributed by atoms with Crippen LogP contribution in [0.5, 0.6) is 0 Å². The van der Waals surface area contributed by atoms with Gasteiger partial charge in [-0.15, -0.1) is 0 Å². The van der Waals surface area contributed by atoms with Gasteiger partial charge < -0.3 is 5.32 Å². The number of nitrogens with one attached hydrogen (secondary N) is 1. The highest BCUT2D eigenvalue weighted by molar-refractivity contribution is 5.55. The molecule has 0 fully saturated rings. The van der Waals surface area contributed by atoms with Crippen LogP contribution in [0.25, 0.3) is 6.08 Å². The average molecular weight is 234 g/mol. The van der Waals surface area contributed by atoms with Crippen molar-refractivity contribution >= 4 is 11.8 Å². The molecule has 17 heavy (non-hydrogen) atoms. The van der Waals surface area contributed by atoms with Gasteiger partial charge in [-0.05, 0) is 38.1 Å². The third kappa shape index (κ3) is 4.00. The molecule has 0 heterocycles. The molecule has 4 nitrogen and oxygen atoms in total. The zero-order valence-corrected chi connectivity index (χ0v) is 10.4. The molecule has 1 N–H and O–H groups in total. The molecule has 0 spiro atoms. The predicted octanol–water partition coefficient (Wildman–Crippen LogP) is 3.00. The summed E-state index contributed by atoms with van der Waals surface area (Å²) in [6.45, 7) is 7.14. The number of non-ortho nitro benzene ring substituents is 1. The monoisotopic (exact) mass is 234 g/mol. The van der Waals surface area contributed by atoms with E-state index in [1.54, 1.807) is 12.1 Å². The van der Waals surface area contributed by atoms with E-state index in [0.29, 0.717) is 6.04 Å². The second kappa shape index (κ2) is 6.15. The summed E-state index contributed by atoms with van der Waals surface area (Å²) >= 11 is 0. The first kappa shape index (κ1) is 13.4. The van der Waals surface area contributed by atoms with Gasteiger partial charge in [-0.3, -0.25) is 10.1 Å². The lowest BCUT2D eigenvalue weighted by Crippen LogP contribution is -2.26. The van der Waals surface area contributed by atoms with Gasteiger partial charge in [-0.1, -0.05) is 18.6 Å². The summed E-state index contributed by atoms with van der Waals surface area (Å²) in [6.07, 6.45) is 2.04. The van der Waals surface area contributed by atoms with Gasteiger partial charge in [0.25, 0.3) is 5.69 Å². The number of likely N-dealkylation sites (N-methyl/N-ethyl adjacent to an activating group) is 1. The van der Waals surface area contributed by atoms with E-state index in [1.165, 1.54) is 17.7 Å². The van der Waals surface area contributed by atoms with Crippen LogP contribution in [0.1, 0.15) is 26.3 Å². The molecule has 1 aromatic rings. The number of hydrogen-bond donors (Lipinski definition) is 1. The molecule has 0 saturated carbocycles. The molecule has 0 amide bonds. The summed E-state index contributed by atoms with van der Waals surface area (Å²) in [5, 5.41) is 13.8. The highest BCUT2D eigenvalue weighted by Gasteiger charge is 2.04. The van der Waals surface area contributed by atoms with Crippen molar-refractivity contribution in [3.8, 4) is 0 Å². The van der Waals surface area contributed by atoms with E-state index in [2.05, 4.69) is 26.1 Å². The molecule has 1 unspecified atom stereocenters. The van der Waals surface area contributed by atoms with Gasteiger partial charge in [0.15, 0.2) is 0 Å². The van der Waals surface area contributed by atoms with E-state index in [-0.39, 0.29) is 10.6 Å². The predicted molar refractivity (Wildman–Crippen MR) is 69.9 cm³/mol. The van der Waals surface area contributed by atoms with Crippen LogP contribution in [-0.2, 0) is 0 Å². The smallest absolute Gasteiger partial charge is 0.269 e. The molecule has 0 aliphatic rings. The van der Waals surface area contributed by atoms with E-state index in [9.17, 15) is 10.1 Å². The minimum Gasteiger partial charge on any atom is -0.311 e. The minimum absolute atomic E-state index is 0.125. The fourth-order valence-electron chi connectivity index (χ4n) is 1.55. The third-order valence-electron chi connectivity index (χ3n) is 2.69. The highest BCUT2D eigenvalue weighted by atomic mass is 16.6. The van der Waals surface area contributed by atoms with Gasteiger partial charge in [0.1, 0.15) is 0 Å². The van der Waals surface area contributed by atoms with Gasteiger partial charge in [0, 0.05) is 18.2 Å². The summed E-state index contributed by atoms with van der Waals surface area (Å²) in [6, 6.07) is 6.89. The Bertz CT molecular complexity index is 410. The summed E-state index contributed by atoms with van der Waals surface area (Å²) in [7, 11) is 0. The molecule has 1 rings (SSSR count). The standard InChI is InChI=1S/C13H18N2O2/c1-4-14-11(3)10(2)9-12-5-7-13(8-6-12)15(16)17/h5-9,11,14H,4H2,1-3H3/b10-9+. The number of rotatable bonds is 5. The van der Waals surface area contributed by atoms with Crippen molar-refractivity contribution in [3.05, 3.63) is 45.5 Å². The van der Waals surface area contributed by atoms with Crippen molar-refractivity contribution in [2.75, 3.05) is 6.54 Å². The largest absolute Gasteiger partial charge is 0.311 e. The summed E-state index contributed by atoms with van der Waals surface area (Å²) < 4.78 is 0. The molecule has 0 aliphatic carbocycles. The van der Waals surface area contributed by atoms with Crippen LogP contribution >= 0.6 is 0 Å². The SMILES string of the molecule is CCNC(C)/C(C)=C/c1ccc([N+](=O)[O-])cc1. The molecular weight excluding hydrogens is 216 g/mol. The molecule has 0 radical (unpaired) electrons. The first-order chi connectivity index (χ1) is 8.04. The quantitative estimate of drug-likeness (QED) is 0.629. The minimum atomic E-state index is -0.387.